The summed E-state index contributed by atoms with van der Waals surface area (Å²) >= 11 is 1.83. The van der Waals surface area contributed by atoms with Crippen molar-refractivity contribution < 1.29 is 0 Å². The Balaban J connectivity index is 1.31. The Bertz CT molecular complexity index is 2790. The molecule has 10 rings (SSSR count). The average Bonchev–Trinajstić information content (AvgIpc) is 3.29. The van der Waals surface area contributed by atoms with Crippen molar-refractivity contribution in [2.75, 3.05) is 0 Å². The zero-order chi connectivity index (χ0) is 39.1. The van der Waals surface area contributed by atoms with Crippen LogP contribution in [0.2, 0.25) is 13.1 Å². The lowest BCUT2D eigenvalue weighted by molar-refractivity contribution is 1.15. The molecule has 1 aliphatic heterocycles. The zero-order valence-corrected chi connectivity index (χ0v) is 34.4. The van der Waals surface area contributed by atoms with Crippen LogP contribution in [0, 0.1) is 0 Å². The summed E-state index contributed by atoms with van der Waals surface area (Å²) in [6, 6.07) is 75.6. The number of fused-ring (bicyclic) bond motifs is 2. The van der Waals surface area contributed by atoms with Gasteiger partial charge >= 0.3 is 0 Å². The molecule has 0 amide bonds. The second-order valence-electron chi connectivity index (χ2n) is 15.4. The quantitative estimate of drug-likeness (QED) is 0.150. The van der Waals surface area contributed by atoms with E-state index >= 15 is 0 Å². The van der Waals surface area contributed by atoms with Gasteiger partial charge in [0.15, 0.2) is 0 Å². The number of hydrogen-bond donors (Lipinski definition) is 0. The molecule has 0 N–H and O–H groups in total. The van der Waals surface area contributed by atoms with E-state index in [-0.39, 0.29) is 0 Å². The highest BCUT2D eigenvalue weighted by molar-refractivity contribution is 8.00. The van der Waals surface area contributed by atoms with E-state index in [9.17, 15) is 0 Å². The van der Waals surface area contributed by atoms with E-state index < -0.39 is 8.07 Å². The summed E-state index contributed by atoms with van der Waals surface area (Å²) < 4.78 is 0. The Kier molecular flexibility index (Phi) is 9.33. The summed E-state index contributed by atoms with van der Waals surface area (Å²) in [5, 5.41) is 4.05. The van der Waals surface area contributed by atoms with Crippen molar-refractivity contribution in [1.82, 2.24) is 4.98 Å². The largest absolute Gasteiger partial charge is 0.250 e. The van der Waals surface area contributed by atoms with Crippen molar-refractivity contribution in [2.24, 2.45) is 0 Å². The summed E-state index contributed by atoms with van der Waals surface area (Å²) in [6.07, 6.45) is 1.93. The molecule has 0 saturated carbocycles. The lowest BCUT2D eigenvalue weighted by Crippen LogP contribution is -2.56. The molecule has 0 atom stereocenters. The van der Waals surface area contributed by atoms with Gasteiger partial charge < -0.3 is 0 Å². The molecule has 0 unspecified atom stereocenters. The van der Waals surface area contributed by atoms with Crippen molar-refractivity contribution in [3.8, 4) is 77.9 Å². The van der Waals surface area contributed by atoms with Gasteiger partial charge in [-0.15, -0.1) is 0 Å². The van der Waals surface area contributed by atoms with Gasteiger partial charge in [0.1, 0.15) is 13.1 Å². The smallest absolute Gasteiger partial charge is 0.117 e. The minimum absolute atomic E-state index is 1.15. The third-order valence-electron chi connectivity index (χ3n) is 11.6. The first-order valence-corrected chi connectivity index (χ1v) is 23.8. The summed E-state index contributed by atoms with van der Waals surface area (Å²) in [5.41, 5.74) is 16.9. The van der Waals surface area contributed by atoms with E-state index in [4.69, 9.17) is 4.98 Å². The molecule has 58 heavy (non-hydrogen) atoms. The maximum atomic E-state index is 4.87. The molecule has 1 nitrogen and oxygen atoms in total. The highest BCUT2D eigenvalue weighted by Gasteiger charge is 2.37. The maximum Gasteiger partial charge on any atom is 0.117 e. The Labute approximate surface area is 346 Å². The highest BCUT2D eigenvalue weighted by Crippen LogP contribution is 2.56. The third kappa shape index (κ3) is 6.24. The van der Waals surface area contributed by atoms with Gasteiger partial charge in [-0.2, -0.15) is 0 Å². The fourth-order valence-electron chi connectivity index (χ4n) is 8.88. The van der Waals surface area contributed by atoms with Crippen LogP contribution in [0.4, 0.5) is 0 Å². The lowest BCUT2D eigenvalue weighted by Gasteiger charge is -2.33. The zero-order valence-electron chi connectivity index (χ0n) is 32.6. The monoisotopic (exact) mass is 775 g/mol. The first-order valence-electron chi connectivity index (χ1n) is 20.0. The van der Waals surface area contributed by atoms with Gasteiger partial charge in [-0.1, -0.05) is 225 Å². The van der Waals surface area contributed by atoms with Gasteiger partial charge in [0.05, 0.1) is 0 Å². The molecule has 8 aromatic carbocycles. The molecule has 0 fully saturated rings. The third-order valence-corrected chi connectivity index (χ3v) is 16.7. The number of nitrogens with zero attached hydrogens (tertiary/aromatic N) is 1. The molecule has 1 aliphatic rings. The van der Waals surface area contributed by atoms with Crippen molar-refractivity contribution in [2.45, 2.75) is 23.0 Å². The lowest BCUT2D eigenvalue weighted by atomic mass is 9.74. The van der Waals surface area contributed by atoms with Crippen LogP contribution in [0.5, 0.6) is 0 Å². The Hall–Kier alpha value is -6.52. The van der Waals surface area contributed by atoms with Crippen LogP contribution in [0.1, 0.15) is 0 Å². The van der Waals surface area contributed by atoms with Crippen LogP contribution in [0.15, 0.2) is 222 Å². The molecule has 0 radical (unpaired) electrons. The van der Waals surface area contributed by atoms with Crippen molar-refractivity contribution in [3.05, 3.63) is 212 Å². The topological polar surface area (TPSA) is 12.9 Å². The first-order chi connectivity index (χ1) is 28.6. The SMILES string of the molecule is C[Si]1(C)c2cccnc2Sc2c(-c3ccc(-c4c(-c5ccccc5)c(-c5ccccc5)c(-c5ccccc5)c(-c5ccccc5)c4-c4ccccc4)cc3)cccc21. The molecule has 0 bridgehead atoms. The van der Waals surface area contributed by atoms with Crippen molar-refractivity contribution in [1.29, 1.82) is 0 Å². The average molecular weight is 776 g/mol. The number of benzene rings is 8. The molecule has 1 aromatic heterocycles. The molecular weight excluding hydrogens is 735 g/mol. The van der Waals surface area contributed by atoms with Gasteiger partial charge in [-0.3, -0.25) is 0 Å². The normalized spacial score (nSPS) is 12.7. The van der Waals surface area contributed by atoms with Gasteiger partial charge in [0.2, 0.25) is 0 Å². The second-order valence-corrected chi connectivity index (χ2v) is 20.7. The van der Waals surface area contributed by atoms with E-state index in [0.717, 1.165) is 5.03 Å². The standard InChI is InChI=1S/C55H41NSSi/c1-58(2)46-31-18-30-45(54(46)57-55-47(58)32-19-37-56-55)38-33-35-44(36-34-38)53-51(42-26-14-6-15-27-42)49(40-22-10-4-11-23-40)48(39-20-8-3-9-21-39)50(41-24-12-5-13-25-41)52(53)43-28-16-7-17-29-43/h3-37H,1-2H3. The Morgan fingerprint density at radius 3 is 1.07 bits per heavy atom. The van der Waals surface area contributed by atoms with E-state index in [2.05, 4.69) is 219 Å². The van der Waals surface area contributed by atoms with E-state index in [1.807, 2.05) is 18.0 Å². The van der Waals surface area contributed by atoms with Crippen LogP contribution in [0.3, 0.4) is 0 Å². The minimum atomic E-state index is -1.94. The van der Waals surface area contributed by atoms with Gasteiger partial charge in [0, 0.05) is 11.1 Å². The fourth-order valence-corrected chi connectivity index (χ4v) is 14.3. The predicted octanol–water partition coefficient (Wildman–Crippen LogP) is 14.0. The maximum absolute atomic E-state index is 4.87. The van der Waals surface area contributed by atoms with Crippen LogP contribution >= 0.6 is 11.8 Å². The highest BCUT2D eigenvalue weighted by atomic mass is 32.2. The number of rotatable bonds is 7. The van der Waals surface area contributed by atoms with Crippen molar-refractivity contribution in [3.63, 3.8) is 0 Å². The fraction of sp³-hybridized carbons (Fsp3) is 0.0364. The Morgan fingerprint density at radius 2 is 0.672 bits per heavy atom. The number of aromatic nitrogens is 1. The number of pyridine rings is 1. The van der Waals surface area contributed by atoms with Crippen LogP contribution < -0.4 is 10.4 Å². The summed E-state index contributed by atoms with van der Waals surface area (Å²) in [4.78, 5) is 6.22. The summed E-state index contributed by atoms with van der Waals surface area (Å²) in [5.74, 6) is 0. The van der Waals surface area contributed by atoms with Crippen LogP contribution in [0.25, 0.3) is 77.9 Å². The van der Waals surface area contributed by atoms with E-state index in [0.29, 0.717) is 0 Å². The predicted molar refractivity (Wildman–Crippen MR) is 250 cm³/mol. The van der Waals surface area contributed by atoms with Gasteiger partial charge in [0.25, 0.3) is 0 Å². The first kappa shape index (κ1) is 35.9. The van der Waals surface area contributed by atoms with Crippen LogP contribution in [-0.2, 0) is 0 Å². The van der Waals surface area contributed by atoms with Crippen molar-refractivity contribution >= 4 is 30.2 Å². The molecule has 2 heterocycles. The minimum Gasteiger partial charge on any atom is -0.250 e. The molecule has 0 aliphatic carbocycles. The molecule has 9 aromatic rings. The van der Waals surface area contributed by atoms with E-state index in [1.54, 1.807) is 0 Å². The number of hydrogen-bond acceptors (Lipinski definition) is 2. The molecular formula is C55H41NSSi. The van der Waals surface area contributed by atoms with E-state index in [1.165, 1.54) is 93.2 Å². The molecule has 0 saturated heterocycles. The molecule has 276 valence electrons. The molecule has 3 heteroatoms. The molecule has 0 spiro atoms. The summed E-state index contributed by atoms with van der Waals surface area (Å²) in [6.45, 7) is 4.92. The van der Waals surface area contributed by atoms with Gasteiger partial charge in [-0.05, 0) is 94.3 Å². The van der Waals surface area contributed by atoms with Crippen LogP contribution in [-0.4, -0.2) is 13.1 Å². The Morgan fingerprint density at radius 1 is 0.328 bits per heavy atom. The van der Waals surface area contributed by atoms with Gasteiger partial charge in [-0.25, -0.2) is 4.98 Å². The summed E-state index contributed by atoms with van der Waals surface area (Å²) in [7, 11) is -1.94. The second kappa shape index (κ2) is 15.1.